The van der Waals surface area contributed by atoms with Crippen LogP contribution in [0.5, 0.6) is 0 Å². The molecule has 0 rings (SSSR count). The largest absolute Gasteiger partial charge is 0.463 e. The number of nitrogens with two attached hydrogens (primary N) is 2. The average Bonchev–Trinajstić information content (AvgIpc) is 2.52. The summed E-state index contributed by atoms with van der Waals surface area (Å²) in [7, 11) is 0. The van der Waals surface area contributed by atoms with E-state index < -0.39 is 5.92 Å². The molecule has 0 aliphatic carbocycles. The molecule has 1 unspecified atom stereocenters. The van der Waals surface area contributed by atoms with Crippen molar-refractivity contribution in [1.29, 1.82) is 0 Å². The molecular formula is C17H26N4O2. The Morgan fingerprint density at radius 1 is 1.26 bits per heavy atom. The van der Waals surface area contributed by atoms with Gasteiger partial charge in [-0.2, -0.15) is 0 Å². The lowest BCUT2D eigenvalue weighted by Gasteiger charge is -2.07. The van der Waals surface area contributed by atoms with Crippen LogP contribution in [0, 0.1) is 5.92 Å². The quantitative estimate of drug-likeness (QED) is 0.223. The number of carbonyl (C=O) groups excluding carboxylic acids is 1. The summed E-state index contributed by atoms with van der Waals surface area (Å²) in [5.74, 6) is -0.894. The van der Waals surface area contributed by atoms with E-state index in [9.17, 15) is 4.79 Å². The van der Waals surface area contributed by atoms with Gasteiger partial charge in [0.25, 0.3) is 0 Å². The number of ether oxygens (including phenoxy) is 1. The Kier molecular flexibility index (Phi) is 10.6. The summed E-state index contributed by atoms with van der Waals surface area (Å²) in [6.07, 6.45) is 10.8. The number of esters is 1. The highest BCUT2D eigenvalue weighted by molar-refractivity contribution is 5.89. The third kappa shape index (κ3) is 9.08. The summed E-state index contributed by atoms with van der Waals surface area (Å²) in [5, 5.41) is 0. The Balaban J connectivity index is 4.85. The van der Waals surface area contributed by atoms with Crippen molar-refractivity contribution in [2.45, 2.75) is 20.8 Å². The zero-order valence-corrected chi connectivity index (χ0v) is 14.0. The highest BCUT2D eigenvalue weighted by Crippen LogP contribution is 2.11. The molecule has 0 heterocycles. The van der Waals surface area contributed by atoms with Crippen LogP contribution >= 0.6 is 0 Å². The lowest BCUT2D eigenvalue weighted by molar-refractivity contribution is -0.145. The summed E-state index contributed by atoms with van der Waals surface area (Å²) in [4.78, 5) is 19.9. The number of aliphatic imine (C=N–C) groups is 2. The van der Waals surface area contributed by atoms with Crippen LogP contribution in [0.15, 0.2) is 58.2 Å². The minimum atomic E-state index is -0.480. The first-order valence-electron chi connectivity index (χ1n) is 7.34. The van der Waals surface area contributed by atoms with Crippen LogP contribution < -0.4 is 11.5 Å². The molecule has 0 spiro atoms. The van der Waals surface area contributed by atoms with Crippen molar-refractivity contribution in [2.24, 2.45) is 27.4 Å². The number of carbonyl (C=O) groups is 1. The third-order valence-corrected chi connectivity index (χ3v) is 2.63. The molecule has 0 aliphatic rings. The minimum absolute atomic E-state index is 0.0299. The summed E-state index contributed by atoms with van der Waals surface area (Å²) < 4.78 is 5.06. The maximum absolute atomic E-state index is 11.8. The Bertz CT molecular complexity index is 539. The molecule has 0 aromatic heterocycles. The molecule has 0 aliphatic heterocycles. The molecule has 0 aromatic carbocycles. The fourth-order valence-corrected chi connectivity index (χ4v) is 1.51. The summed E-state index contributed by atoms with van der Waals surface area (Å²) in [5.41, 5.74) is 12.0. The molecule has 0 amide bonds. The van der Waals surface area contributed by atoms with E-state index >= 15 is 0 Å². The van der Waals surface area contributed by atoms with E-state index in [2.05, 4.69) is 16.6 Å². The normalized spacial score (nSPS) is 14.0. The summed E-state index contributed by atoms with van der Waals surface area (Å²) in [6.45, 7) is 9.66. The maximum Gasteiger partial charge on any atom is 0.314 e. The van der Waals surface area contributed by atoms with Crippen molar-refractivity contribution in [3.8, 4) is 0 Å². The number of hydrogen-bond donors (Lipinski definition) is 2. The fourth-order valence-electron chi connectivity index (χ4n) is 1.51. The third-order valence-electron chi connectivity index (χ3n) is 2.63. The predicted octanol–water partition coefficient (Wildman–Crippen LogP) is 2.10. The van der Waals surface area contributed by atoms with Crippen molar-refractivity contribution in [1.82, 2.24) is 0 Å². The van der Waals surface area contributed by atoms with Crippen molar-refractivity contribution >= 4 is 18.1 Å². The zero-order valence-electron chi connectivity index (χ0n) is 14.0. The first-order chi connectivity index (χ1) is 11.0. The number of allylic oxidation sites excluding steroid dienone is 6. The van der Waals surface area contributed by atoms with Gasteiger partial charge in [0, 0.05) is 6.21 Å². The van der Waals surface area contributed by atoms with Crippen molar-refractivity contribution in [3.63, 3.8) is 0 Å². The predicted molar refractivity (Wildman–Crippen MR) is 96.1 cm³/mol. The van der Waals surface area contributed by atoms with Gasteiger partial charge in [-0.25, -0.2) is 0 Å². The van der Waals surface area contributed by atoms with Crippen LogP contribution in [-0.2, 0) is 9.53 Å². The van der Waals surface area contributed by atoms with Gasteiger partial charge in [0.05, 0.1) is 18.2 Å². The summed E-state index contributed by atoms with van der Waals surface area (Å²) in [6, 6.07) is 0. The van der Waals surface area contributed by atoms with Gasteiger partial charge in [-0.05, 0) is 32.4 Å². The molecule has 126 valence electrons. The number of guanidine groups is 1. The van der Waals surface area contributed by atoms with E-state index in [-0.39, 0.29) is 25.1 Å². The van der Waals surface area contributed by atoms with Crippen LogP contribution in [-0.4, -0.2) is 31.3 Å². The highest BCUT2D eigenvalue weighted by Gasteiger charge is 2.11. The number of rotatable bonds is 9. The molecule has 0 saturated heterocycles. The van der Waals surface area contributed by atoms with Gasteiger partial charge in [-0.3, -0.25) is 14.8 Å². The Morgan fingerprint density at radius 2 is 1.91 bits per heavy atom. The summed E-state index contributed by atoms with van der Waals surface area (Å²) >= 11 is 0. The van der Waals surface area contributed by atoms with Gasteiger partial charge in [0.2, 0.25) is 0 Å². The van der Waals surface area contributed by atoms with Crippen LogP contribution in [0.4, 0.5) is 0 Å². The molecule has 23 heavy (non-hydrogen) atoms. The molecule has 6 heteroatoms. The second-order valence-electron chi connectivity index (χ2n) is 4.59. The lowest BCUT2D eigenvalue weighted by Crippen LogP contribution is -2.24. The second-order valence-corrected chi connectivity index (χ2v) is 4.59. The van der Waals surface area contributed by atoms with E-state index in [1.165, 1.54) is 0 Å². The van der Waals surface area contributed by atoms with E-state index in [1.54, 1.807) is 19.2 Å². The Morgan fingerprint density at radius 3 is 2.43 bits per heavy atom. The molecule has 0 saturated carbocycles. The number of hydrogen-bond acceptors (Lipinski definition) is 4. The number of nitrogens with zero attached hydrogens (tertiary/aromatic N) is 2. The Hall–Kier alpha value is -2.63. The molecule has 0 radical (unpaired) electrons. The highest BCUT2D eigenvalue weighted by atomic mass is 16.5. The van der Waals surface area contributed by atoms with Crippen molar-refractivity contribution in [2.75, 3.05) is 13.2 Å². The second kappa shape index (κ2) is 12.0. The first kappa shape index (κ1) is 20.4. The SMILES string of the molecule is C=CC(/C=C\C)=C(\C=C/C)N=CC(C)C(=O)OCCN=C(N)N. The van der Waals surface area contributed by atoms with Gasteiger partial charge < -0.3 is 16.2 Å². The van der Waals surface area contributed by atoms with E-state index in [0.717, 1.165) is 11.3 Å². The van der Waals surface area contributed by atoms with Crippen LogP contribution in [0.2, 0.25) is 0 Å². The topological polar surface area (TPSA) is 103 Å². The van der Waals surface area contributed by atoms with Crippen LogP contribution in [0.3, 0.4) is 0 Å². The smallest absolute Gasteiger partial charge is 0.314 e. The molecule has 1 atom stereocenters. The fraction of sp³-hybridized carbons (Fsp3) is 0.353. The van der Waals surface area contributed by atoms with E-state index in [0.29, 0.717) is 0 Å². The van der Waals surface area contributed by atoms with E-state index in [1.807, 2.05) is 38.2 Å². The van der Waals surface area contributed by atoms with Gasteiger partial charge in [0.1, 0.15) is 6.61 Å². The average molecular weight is 318 g/mol. The van der Waals surface area contributed by atoms with Crippen LogP contribution in [0.25, 0.3) is 0 Å². The van der Waals surface area contributed by atoms with E-state index in [4.69, 9.17) is 16.2 Å². The molecule has 0 bridgehead atoms. The lowest BCUT2D eigenvalue weighted by atomic mass is 10.1. The van der Waals surface area contributed by atoms with Gasteiger partial charge in [-0.15, -0.1) is 0 Å². The van der Waals surface area contributed by atoms with Gasteiger partial charge in [-0.1, -0.05) is 30.9 Å². The van der Waals surface area contributed by atoms with Gasteiger partial charge in [0.15, 0.2) is 5.96 Å². The van der Waals surface area contributed by atoms with Gasteiger partial charge >= 0.3 is 5.97 Å². The first-order valence-corrected chi connectivity index (χ1v) is 7.34. The standard InChI is InChI=1S/C17H26N4O2/c1-5-8-14(7-3)15(9-6-2)21-12-13(4)16(22)23-11-10-20-17(18)19/h5-9,12-13H,3,10-11H2,1-2,4H3,(H4,18,19,20)/b8-5-,9-6-,15-14-,21-12?. The maximum atomic E-state index is 11.8. The van der Waals surface area contributed by atoms with Crippen molar-refractivity contribution < 1.29 is 9.53 Å². The molecule has 6 nitrogen and oxygen atoms in total. The molecule has 4 N–H and O–H groups in total. The molecule has 0 fully saturated rings. The Labute approximate surface area is 138 Å². The van der Waals surface area contributed by atoms with Crippen molar-refractivity contribution in [3.05, 3.63) is 48.2 Å². The monoisotopic (exact) mass is 318 g/mol. The zero-order chi connectivity index (χ0) is 17.7. The van der Waals surface area contributed by atoms with Crippen LogP contribution in [0.1, 0.15) is 20.8 Å². The minimum Gasteiger partial charge on any atom is -0.463 e. The molecule has 0 aromatic rings. The molecular weight excluding hydrogens is 292 g/mol.